The van der Waals surface area contributed by atoms with E-state index in [9.17, 15) is 0 Å². The van der Waals surface area contributed by atoms with Gasteiger partial charge in [-0.1, -0.05) is 29.8 Å². The highest BCUT2D eigenvalue weighted by molar-refractivity contribution is 6.31. The molecule has 2 rings (SSSR count). The van der Waals surface area contributed by atoms with E-state index in [0.29, 0.717) is 6.54 Å². The van der Waals surface area contributed by atoms with E-state index in [1.165, 1.54) is 0 Å². The van der Waals surface area contributed by atoms with E-state index in [4.69, 9.17) is 17.3 Å². The monoisotopic (exact) mass is 261 g/mol. The van der Waals surface area contributed by atoms with Gasteiger partial charge >= 0.3 is 0 Å². The molecule has 0 fully saturated rings. The van der Waals surface area contributed by atoms with Gasteiger partial charge in [-0.3, -0.25) is 4.98 Å². The third kappa shape index (κ3) is 2.81. The van der Waals surface area contributed by atoms with E-state index in [-0.39, 0.29) is 0 Å². The summed E-state index contributed by atoms with van der Waals surface area (Å²) in [6.07, 6.45) is 1.76. The predicted molar refractivity (Wildman–Crippen MR) is 75.7 cm³/mol. The molecule has 0 amide bonds. The van der Waals surface area contributed by atoms with Gasteiger partial charge < -0.3 is 10.6 Å². The van der Waals surface area contributed by atoms with Crippen molar-refractivity contribution in [2.45, 2.75) is 13.1 Å². The van der Waals surface area contributed by atoms with Crippen LogP contribution in [0.15, 0.2) is 42.6 Å². The van der Waals surface area contributed by atoms with Crippen LogP contribution in [-0.4, -0.2) is 12.0 Å². The summed E-state index contributed by atoms with van der Waals surface area (Å²) in [4.78, 5) is 6.39. The van der Waals surface area contributed by atoms with E-state index >= 15 is 0 Å². The van der Waals surface area contributed by atoms with Crippen LogP contribution in [0, 0.1) is 0 Å². The summed E-state index contributed by atoms with van der Waals surface area (Å²) >= 11 is 6.16. The number of nitrogens with two attached hydrogens (primary N) is 1. The lowest BCUT2D eigenvalue weighted by atomic mass is 10.2. The number of hydrogen-bond donors (Lipinski definition) is 1. The van der Waals surface area contributed by atoms with E-state index in [1.54, 1.807) is 6.20 Å². The Morgan fingerprint density at radius 3 is 2.72 bits per heavy atom. The first-order valence-electron chi connectivity index (χ1n) is 5.81. The number of pyridine rings is 1. The van der Waals surface area contributed by atoms with Crippen molar-refractivity contribution in [2.75, 3.05) is 11.9 Å². The van der Waals surface area contributed by atoms with Gasteiger partial charge in [0.15, 0.2) is 0 Å². The highest BCUT2D eigenvalue weighted by atomic mass is 35.5. The summed E-state index contributed by atoms with van der Waals surface area (Å²) in [5.74, 6) is 0. The molecule has 2 aromatic rings. The minimum atomic E-state index is 0.434. The predicted octanol–water partition coefficient (Wildman–Crippen LogP) is 2.83. The Labute approximate surface area is 112 Å². The second-order valence-electron chi connectivity index (χ2n) is 4.12. The minimum absolute atomic E-state index is 0.434. The summed E-state index contributed by atoms with van der Waals surface area (Å²) in [6.45, 7) is 1.17. The number of anilines is 1. The van der Waals surface area contributed by atoms with Gasteiger partial charge in [0.05, 0.1) is 11.4 Å². The van der Waals surface area contributed by atoms with Crippen LogP contribution in [0.5, 0.6) is 0 Å². The van der Waals surface area contributed by atoms with Gasteiger partial charge in [-0.05, 0) is 23.8 Å². The first-order valence-corrected chi connectivity index (χ1v) is 6.18. The molecule has 3 nitrogen and oxygen atoms in total. The first-order chi connectivity index (χ1) is 8.72. The fourth-order valence-electron chi connectivity index (χ4n) is 1.90. The third-order valence-electron chi connectivity index (χ3n) is 2.84. The van der Waals surface area contributed by atoms with Gasteiger partial charge in [0.2, 0.25) is 0 Å². The maximum absolute atomic E-state index is 6.16. The molecule has 18 heavy (non-hydrogen) atoms. The minimum Gasteiger partial charge on any atom is -0.369 e. The topological polar surface area (TPSA) is 42.2 Å². The molecule has 1 heterocycles. The van der Waals surface area contributed by atoms with E-state index in [0.717, 1.165) is 28.5 Å². The van der Waals surface area contributed by atoms with Crippen LogP contribution >= 0.6 is 11.6 Å². The normalized spacial score (nSPS) is 10.4. The van der Waals surface area contributed by atoms with Gasteiger partial charge in [-0.2, -0.15) is 0 Å². The molecule has 1 aromatic heterocycles. The van der Waals surface area contributed by atoms with Gasteiger partial charge in [0.1, 0.15) is 0 Å². The van der Waals surface area contributed by atoms with Crippen LogP contribution in [0.25, 0.3) is 0 Å². The van der Waals surface area contributed by atoms with Crippen LogP contribution in [-0.2, 0) is 13.1 Å². The molecule has 4 heteroatoms. The number of benzene rings is 1. The molecule has 0 bridgehead atoms. The summed E-state index contributed by atoms with van der Waals surface area (Å²) in [5.41, 5.74) is 8.72. The molecule has 1 aromatic carbocycles. The molecule has 94 valence electrons. The number of halogens is 1. The fraction of sp³-hybridized carbons (Fsp3) is 0.214. The zero-order chi connectivity index (χ0) is 13.0. The summed E-state index contributed by atoms with van der Waals surface area (Å²) < 4.78 is 0. The summed E-state index contributed by atoms with van der Waals surface area (Å²) in [6, 6.07) is 11.8. The molecule has 0 aliphatic carbocycles. The molecule has 0 saturated carbocycles. The van der Waals surface area contributed by atoms with Gasteiger partial charge in [-0.15, -0.1) is 0 Å². The number of aromatic nitrogens is 1. The van der Waals surface area contributed by atoms with E-state index in [2.05, 4.69) is 9.88 Å². The van der Waals surface area contributed by atoms with Crippen molar-refractivity contribution < 1.29 is 0 Å². The van der Waals surface area contributed by atoms with Crippen LogP contribution in [0.3, 0.4) is 0 Å². The highest BCUT2D eigenvalue weighted by Crippen LogP contribution is 2.22. The van der Waals surface area contributed by atoms with E-state index < -0.39 is 0 Å². The van der Waals surface area contributed by atoms with Crippen LogP contribution in [0.2, 0.25) is 5.02 Å². The molecule has 2 N–H and O–H groups in total. The molecule has 0 aliphatic heterocycles. The highest BCUT2D eigenvalue weighted by Gasteiger charge is 2.09. The average molecular weight is 262 g/mol. The zero-order valence-corrected chi connectivity index (χ0v) is 11.1. The Bertz CT molecular complexity index is 528. The molecule has 0 saturated heterocycles. The molecule has 0 atom stereocenters. The molecular weight excluding hydrogens is 246 g/mol. The standard InChI is InChI=1S/C14H16ClN3/c1-18(10-11-5-2-3-6-12(11)15)14-7-4-8-17-13(14)9-16/h2-8H,9-10,16H2,1H3. The lowest BCUT2D eigenvalue weighted by molar-refractivity contribution is 0.884. The molecule has 0 aliphatic rings. The maximum atomic E-state index is 6.16. The van der Waals surface area contributed by atoms with Crippen LogP contribution < -0.4 is 10.6 Å². The van der Waals surface area contributed by atoms with Crippen LogP contribution in [0.1, 0.15) is 11.3 Å². The molecular formula is C14H16ClN3. The quantitative estimate of drug-likeness (QED) is 0.920. The lowest BCUT2D eigenvalue weighted by Gasteiger charge is -2.22. The Kier molecular flexibility index (Phi) is 4.18. The second kappa shape index (κ2) is 5.85. The summed E-state index contributed by atoms with van der Waals surface area (Å²) in [5, 5.41) is 0.780. The largest absolute Gasteiger partial charge is 0.369 e. The molecule has 0 radical (unpaired) electrons. The SMILES string of the molecule is CN(Cc1ccccc1Cl)c1cccnc1CN. The van der Waals surface area contributed by atoms with Crippen molar-refractivity contribution in [3.05, 3.63) is 58.9 Å². The maximum Gasteiger partial charge on any atom is 0.0772 e. The van der Waals surface area contributed by atoms with Crippen molar-refractivity contribution in [1.29, 1.82) is 0 Å². The smallest absolute Gasteiger partial charge is 0.0772 e. The number of rotatable bonds is 4. The zero-order valence-electron chi connectivity index (χ0n) is 10.3. The lowest BCUT2D eigenvalue weighted by Crippen LogP contribution is -2.19. The Balaban J connectivity index is 2.22. The van der Waals surface area contributed by atoms with Crippen molar-refractivity contribution in [3.63, 3.8) is 0 Å². The fourth-order valence-corrected chi connectivity index (χ4v) is 2.10. The second-order valence-corrected chi connectivity index (χ2v) is 4.53. The first kappa shape index (κ1) is 12.9. The summed E-state index contributed by atoms with van der Waals surface area (Å²) in [7, 11) is 2.01. The van der Waals surface area contributed by atoms with Crippen molar-refractivity contribution in [3.8, 4) is 0 Å². The molecule has 0 unspecified atom stereocenters. The van der Waals surface area contributed by atoms with Crippen molar-refractivity contribution in [1.82, 2.24) is 4.98 Å². The number of nitrogens with zero attached hydrogens (tertiary/aromatic N) is 2. The molecule has 0 spiro atoms. The average Bonchev–Trinajstić information content (AvgIpc) is 2.41. The van der Waals surface area contributed by atoms with Crippen molar-refractivity contribution >= 4 is 17.3 Å². The van der Waals surface area contributed by atoms with Crippen LogP contribution in [0.4, 0.5) is 5.69 Å². The van der Waals surface area contributed by atoms with Gasteiger partial charge in [-0.25, -0.2) is 0 Å². The Morgan fingerprint density at radius 1 is 1.22 bits per heavy atom. The Morgan fingerprint density at radius 2 is 2.00 bits per heavy atom. The number of hydrogen-bond acceptors (Lipinski definition) is 3. The Hall–Kier alpha value is -1.58. The van der Waals surface area contributed by atoms with E-state index in [1.807, 2.05) is 43.4 Å². The van der Waals surface area contributed by atoms with Crippen molar-refractivity contribution in [2.24, 2.45) is 5.73 Å². The van der Waals surface area contributed by atoms with Gasteiger partial charge in [0, 0.05) is 31.4 Å². The third-order valence-corrected chi connectivity index (χ3v) is 3.20. The van der Waals surface area contributed by atoms with Gasteiger partial charge in [0.25, 0.3) is 0 Å².